The molecule has 36 heavy (non-hydrogen) atoms. The third-order valence-corrected chi connectivity index (χ3v) is 6.25. The van der Waals surface area contributed by atoms with Gasteiger partial charge in [0.15, 0.2) is 0 Å². The van der Waals surface area contributed by atoms with Gasteiger partial charge >= 0.3 is 24.4 Å². The molecule has 1 saturated carbocycles. The average molecular weight is 517 g/mol. The second kappa shape index (κ2) is 8.85. The van der Waals surface area contributed by atoms with Crippen molar-refractivity contribution in [3.63, 3.8) is 0 Å². The molecule has 0 amide bonds. The van der Waals surface area contributed by atoms with Crippen LogP contribution in [0.25, 0.3) is 0 Å². The number of nitrogens with zero attached hydrogens (tertiary/aromatic N) is 6. The molecule has 3 heterocycles. The summed E-state index contributed by atoms with van der Waals surface area (Å²) in [5, 5.41) is 14.9. The van der Waals surface area contributed by atoms with Crippen LogP contribution in [0.15, 0.2) is 28.7 Å². The maximum absolute atomic E-state index is 13.1. The van der Waals surface area contributed by atoms with E-state index in [4.69, 9.17) is 9.15 Å². The Morgan fingerprint density at radius 3 is 2.42 bits per heavy atom. The quantitative estimate of drug-likeness (QED) is 0.472. The summed E-state index contributed by atoms with van der Waals surface area (Å²) in [6, 6.07) is 3.55. The van der Waals surface area contributed by atoms with Crippen molar-refractivity contribution in [1.29, 1.82) is 0 Å². The van der Waals surface area contributed by atoms with E-state index in [1.807, 2.05) is 4.90 Å². The van der Waals surface area contributed by atoms with Gasteiger partial charge in [-0.3, -0.25) is 0 Å². The van der Waals surface area contributed by atoms with Crippen molar-refractivity contribution in [3.8, 4) is 11.8 Å². The maximum atomic E-state index is 13.1. The van der Waals surface area contributed by atoms with Crippen LogP contribution in [0.1, 0.15) is 24.3 Å². The van der Waals surface area contributed by atoms with E-state index in [0.29, 0.717) is 35.7 Å². The molecule has 0 spiro atoms. The molecule has 9 nitrogen and oxygen atoms in total. The molecular weight excluding hydrogens is 496 g/mol. The van der Waals surface area contributed by atoms with Crippen molar-refractivity contribution in [2.75, 3.05) is 23.3 Å². The Balaban J connectivity index is 1.35. The van der Waals surface area contributed by atoms with Crippen molar-refractivity contribution in [3.05, 3.63) is 35.7 Å². The van der Waals surface area contributed by atoms with E-state index in [9.17, 15) is 26.3 Å². The van der Waals surface area contributed by atoms with Gasteiger partial charge in [-0.15, -0.1) is 10.2 Å². The fourth-order valence-electron chi connectivity index (χ4n) is 4.76. The minimum Gasteiger partial charge on any atom is -0.424 e. The highest BCUT2D eigenvalue weighted by atomic mass is 19.4. The van der Waals surface area contributed by atoms with Crippen LogP contribution in [0.3, 0.4) is 0 Å². The maximum Gasteiger partial charge on any atom is 0.416 e. The highest BCUT2D eigenvalue weighted by molar-refractivity contribution is 5.36. The monoisotopic (exact) mass is 517 g/mol. The molecule has 1 unspecified atom stereocenters. The van der Waals surface area contributed by atoms with Crippen LogP contribution in [0.2, 0.25) is 0 Å². The van der Waals surface area contributed by atoms with E-state index in [0.717, 1.165) is 25.0 Å². The number of rotatable bonds is 6. The van der Waals surface area contributed by atoms with E-state index in [1.54, 1.807) is 6.92 Å². The molecule has 3 aromatic rings. The van der Waals surface area contributed by atoms with Crippen LogP contribution in [-0.2, 0) is 12.7 Å². The van der Waals surface area contributed by atoms with E-state index in [1.165, 1.54) is 6.07 Å². The van der Waals surface area contributed by atoms with Gasteiger partial charge < -0.3 is 19.4 Å². The second-order valence-electron chi connectivity index (χ2n) is 8.89. The van der Waals surface area contributed by atoms with Crippen LogP contribution < -0.4 is 15.0 Å². The number of nitrogens with one attached hydrogen (secondary N) is 1. The fraction of sp³-hybridized carbons (Fsp3) is 0.524. The SMILES string of the molecule is Cc1nnc(N2C[C@H]3CC[C@@H](C2)C3Nc2nc(Oc3cccc(C(F)(F)F)c3)n(CC(F)(F)F)n2)o1. The topological polar surface area (TPSA) is 94.1 Å². The van der Waals surface area contributed by atoms with Gasteiger partial charge in [0.1, 0.15) is 12.3 Å². The molecule has 0 radical (unpaired) electrons. The summed E-state index contributed by atoms with van der Waals surface area (Å²) in [6.07, 6.45) is -7.53. The molecule has 2 aromatic heterocycles. The van der Waals surface area contributed by atoms with Crippen LogP contribution in [0, 0.1) is 18.8 Å². The molecule has 194 valence electrons. The molecular formula is C21H21F6N7O2. The standard InChI is InChI=1S/C21H21F6N7O2/c1-11-30-31-19(35-11)33-8-12-5-6-13(9-33)16(12)28-17-29-18(34(32-17)10-20(22,23)24)36-15-4-2-3-14(7-15)21(25,26)27/h2-4,7,12-13,16H,5-6,8-10H2,1H3,(H,28,32)/t12-,13+,16?. The van der Waals surface area contributed by atoms with E-state index >= 15 is 0 Å². The Morgan fingerprint density at radius 1 is 1.08 bits per heavy atom. The minimum atomic E-state index is -4.65. The van der Waals surface area contributed by atoms with Crippen LogP contribution in [0.4, 0.5) is 38.3 Å². The largest absolute Gasteiger partial charge is 0.424 e. The number of aryl methyl sites for hydroxylation is 1. The second-order valence-corrected chi connectivity index (χ2v) is 8.89. The lowest BCUT2D eigenvalue weighted by molar-refractivity contribution is -0.143. The summed E-state index contributed by atoms with van der Waals surface area (Å²) < 4.78 is 89.8. The summed E-state index contributed by atoms with van der Waals surface area (Å²) in [5.74, 6) is 0.294. The van der Waals surface area contributed by atoms with Crippen molar-refractivity contribution in [2.24, 2.45) is 11.8 Å². The fourth-order valence-corrected chi connectivity index (χ4v) is 4.76. The number of hydrogen-bond donors (Lipinski definition) is 1. The predicted octanol–water partition coefficient (Wildman–Crippen LogP) is 4.67. The Bertz CT molecular complexity index is 1210. The van der Waals surface area contributed by atoms with Gasteiger partial charge in [0.05, 0.1) is 5.56 Å². The highest BCUT2D eigenvalue weighted by Gasteiger charge is 2.44. The summed E-state index contributed by atoms with van der Waals surface area (Å²) >= 11 is 0. The van der Waals surface area contributed by atoms with E-state index < -0.39 is 30.5 Å². The Morgan fingerprint density at radius 2 is 1.81 bits per heavy atom. The number of halogens is 6. The molecule has 1 aliphatic carbocycles. The molecule has 15 heteroatoms. The minimum absolute atomic E-state index is 0.0924. The number of anilines is 2. The number of benzene rings is 1. The Kier molecular flexibility index (Phi) is 5.95. The first-order valence-corrected chi connectivity index (χ1v) is 11.1. The lowest BCUT2D eigenvalue weighted by Crippen LogP contribution is -2.48. The molecule has 3 atom stereocenters. The molecule has 2 fully saturated rings. The molecule has 1 saturated heterocycles. The zero-order valence-electron chi connectivity index (χ0n) is 18.8. The number of ether oxygens (including phenoxy) is 1. The number of fused-ring (bicyclic) bond motifs is 2. The first-order chi connectivity index (χ1) is 16.9. The summed E-state index contributed by atoms with van der Waals surface area (Å²) in [7, 11) is 0. The lowest BCUT2D eigenvalue weighted by atomic mass is 9.92. The van der Waals surface area contributed by atoms with Crippen molar-refractivity contribution in [1.82, 2.24) is 25.0 Å². The van der Waals surface area contributed by atoms with Crippen LogP contribution in [-0.4, -0.2) is 50.3 Å². The summed E-state index contributed by atoms with van der Waals surface area (Å²) in [4.78, 5) is 6.02. The number of piperidine rings is 1. The molecule has 1 N–H and O–H groups in total. The molecule has 1 aliphatic heterocycles. The number of hydrogen-bond acceptors (Lipinski definition) is 8. The van der Waals surface area contributed by atoms with Crippen LogP contribution >= 0.6 is 0 Å². The first kappa shape index (κ1) is 24.2. The van der Waals surface area contributed by atoms with Gasteiger partial charge in [-0.2, -0.15) is 31.3 Å². The predicted molar refractivity (Wildman–Crippen MR) is 112 cm³/mol. The summed E-state index contributed by atoms with van der Waals surface area (Å²) in [5.41, 5.74) is -1.000. The average Bonchev–Trinajstić information content (AvgIpc) is 3.43. The first-order valence-electron chi connectivity index (χ1n) is 11.1. The van der Waals surface area contributed by atoms with Crippen molar-refractivity contribution >= 4 is 12.0 Å². The van der Waals surface area contributed by atoms with Gasteiger partial charge in [0, 0.05) is 26.1 Å². The number of aromatic nitrogens is 5. The zero-order chi connectivity index (χ0) is 25.7. The van der Waals surface area contributed by atoms with Gasteiger partial charge in [0.2, 0.25) is 11.8 Å². The van der Waals surface area contributed by atoms with Gasteiger partial charge in [0.25, 0.3) is 0 Å². The zero-order valence-corrected chi connectivity index (χ0v) is 18.8. The van der Waals surface area contributed by atoms with Crippen molar-refractivity contribution in [2.45, 2.75) is 44.7 Å². The van der Waals surface area contributed by atoms with Gasteiger partial charge in [-0.25, -0.2) is 4.68 Å². The molecule has 2 bridgehead atoms. The number of alkyl halides is 6. The molecule has 5 rings (SSSR count). The Hall–Kier alpha value is -3.52. The molecule has 1 aromatic carbocycles. The molecule has 2 aliphatic rings. The van der Waals surface area contributed by atoms with Gasteiger partial charge in [-0.05, 0) is 42.9 Å². The van der Waals surface area contributed by atoms with Crippen molar-refractivity contribution < 1.29 is 35.5 Å². The van der Waals surface area contributed by atoms with Gasteiger partial charge in [-0.1, -0.05) is 11.2 Å². The third-order valence-electron chi connectivity index (χ3n) is 6.25. The lowest BCUT2D eigenvalue weighted by Gasteiger charge is -2.37. The normalized spacial score (nSPS) is 22.2. The summed E-state index contributed by atoms with van der Waals surface area (Å²) in [6.45, 7) is 1.39. The third kappa shape index (κ3) is 5.18. The highest BCUT2D eigenvalue weighted by Crippen LogP contribution is 2.40. The van der Waals surface area contributed by atoms with E-state index in [-0.39, 0.29) is 29.6 Å². The van der Waals surface area contributed by atoms with E-state index in [2.05, 4.69) is 25.6 Å². The van der Waals surface area contributed by atoms with Crippen LogP contribution in [0.5, 0.6) is 11.8 Å². The Labute approximate surface area is 200 Å². The smallest absolute Gasteiger partial charge is 0.416 e.